The molecule has 0 saturated heterocycles. The van der Waals surface area contributed by atoms with Crippen LogP contribution in [0.5, 0.6) is 11.5 Å². The van der Waals surface area contributed by atoms with Gasteiger partial charge in [0.2, 0.25) is 5.91 Å². The lowest BCUT2D eigenvalue weighted by atomic mass is 9.67. The van der Waals surface area contributed by atoms with Crippen molar-refractivity contribution in [2.24, 2.45) is 0 Å². The summed E-state index contributed by atoms with van der Waals surface area (Å²) in [5.74, 6) is -2.48. The molecule has 9 heteroatoms. The zero-order valence-corrected chi connectivity index (χ0v) is 22.0. The number of ketones is 3. The first-order valence-corrected chi connectivity index (χ1v) is 12.0. The third-order valence-electron chi connectivity index (χ3n) is 6.49. The van der Waals surface area contributed by atoms with E-state index in [2.05, 4.69) is 5.32 Å². The number of hydrogen-bond donors (Lipinski definition) is 1. The molecule has 0 aliphatic carbocycles. The number of esters is 2. The highest BCUT2D eigenvalue weighted by Gasteiger charge is 2.53. The Bertz CT molecular complexity index is 1510. The smallest absolute Gasteiger partial charge is 0.308 e. The summed E-state index contributed by atoms with van der Waals surface area (Å²) >= 11 is 0. The van der Waals surface area contributed by atoms with E-state index in [0.29, 0.717) is 11.1 Å². The zero-order chi connectivity index (χ0) is 28.6. The molecule has 1 aliphatic heterocycles. The number of Topliss-reactive ketones (excluding diaryl/α,β-unsaturated/α-hetero) is 3. The Hall–Kier alpha value is -4.92. The summed E-state index contributed by atoms with van der Waals surface area (Å²) < 4.78 is 10.3. The van der Waals surface area contributed by atoms with Crippen molar-refractivity contribution in [1.29, 1.82) is 0 Å². The Morgan fingerprint density at radius 1 is 0.641 bits per heavy atom. The van der Waals surface area contributed by atoms with Crippen LogP contribution < -0.4 is 14.8 Å². The summed E-state index contributed by atoms with van der Waals surface area (Å²) in [4.78, 5) is 75.6. The van der Waals surface area contributed by atoms with Gasteiger partial charge in [-0.25, -0.2) is 0 Å². The molecule has 0 spiro atoms. The summed E-state index contributed by atoms with van der Waals surface area (Å²) in [5, 5.41) is 2.80. The molecule has 0 fully saturated rings. The van der Waals surface area contributed by atoms with Crippen LogP contribution in [0.3, 0.4) is 0 Å². The second-order valence-corrected chi connectivity index (χ2v) is 9.21. The quantitative estimate of drug-likeness (QED) is 0.271. The molecule has 1 heterocycles. The molecule has 4 rings (SSSR count). The molecule has 1 amide bonds. The summed E-state index contributed by atoms with van der Waals surface area (Å²) in [7, 11) is 0. The Morgan fingerprint density at radius 2 is 1.08 bits per heavy atom. The van der Waals surface area contributed by atoms with Gasteiger partial charge in [-0.3, -0.25) is 28.8 Å². The Balaban J connectivity index is 2.15. The van der Waals surface area contributed by atoms with Gasteiger partial charge >= 0.3 is 11.9 Å². The lowest BCUT2D eigenvalue weighted by Gasteiger charge is -2.31. The van der Waals surface area contributed by atoms with E-state index in [1.807, 2.05) is 0 Å². The summed E-state index contributed by atoms with van der Waals surface area (Å²) in [6, 6.07) is 13.7. The van der Waals surface area contributed by atoms with Crippen LogP contribution in [0, 0.1) is 0 Å². The summed E-state index contributed by atoms with van der Waals surface area (Å²) in [6.45, 7) is 6.39. The third kappa shape index (κ3) is 4.63. The van der Waals surface area contributed by atoms with Gasteiger partial charge in [0.25, 0.3) is 0 Å². The van der Waals surface area contributed by atoms with Gasteiger partial charge in [-0.2, -0.15) is 0 Å². The van der Waals surface area contributed by atoms with Crippen LogP contribution in [0.25, 0.3) is 0 Å². The highest BCUT2D eigenvalue weighted by molar-refractivity contribution is 6.22. The first-order chi connectivity index (χ1) is 18.4. The maximum atomic E-state index is 14.1. The molecule has 0 aromatic heterocycles. The van der Waals surface area contributed by atoms with Crippen LogP contribution in [0.1, 0.15) is 82.4 Å². The molecule has 3 aromatic rings. The van der Waals surface area contributed by atoms with Gasteiger partial charge < -0.3 is 14.8 Å². The van der Waals surface area contributed by atoms with Crippen molar-refractivity contribution in [1.82, 2.24) is 0 Å². The van der Waals surface area contributed by atoms with Crippen molar-refractivity contribution in [2.75, 3.05) is 5.32 Å². The van der Waals surface area contributed by atoms with Gasteiger partial charge in [-0.05, 0) is 62.2 Å². The molecule has 0 unspecified atom stereocenters. The second-order valence-electron chi connectivity index (χ2n) is 9.21. The van der Waals surface area contributed by atoms with Gasteiger partial charge in [0, 0.05) is 36.1 Å². The number of rotatable bonds is 7. The molecule has 9 nitrogen and oxygen atoms in total. The van der Waals surface area contributed by atoms with Crippen molar-refractivity contribution >= 4 is 40.9 Å². The van der Waals surface area contributed by atoms with Crippen molar-refractivity contribution < 1.29 is 38.2 Å². The number of carbonyl (C=O) groups excluding carboxylic acids is 6. The molecule has 39 heavy (non-hydrogen) atoms. The largest absolute Gasteiger partial charge is 0.427 e. The fraction of sp³-hybridized carbons (Fsp3) is 0.200. The predicted molar refractivity (Wildman–Crippen MR) is 140 cm³/mol. The minimum atomic E-state index is -1.70. The second kappa shape index (κ2) is 10.1. The highest BCUT2D eigenvalue weighted by atomic mass is 16.5. The van der Waals surface area contributed by atoms with E-state index in [-0.39, 0.29) is 39.4 Å². The lowest BCUT2D eigenvalue weighted by molar-refractivity contribution is -0.132. The lowest BCUT2D eigenvalue weighted by Crippen LogP contribution is -2.38. The van der Waals surface area contributed by atoms with Crippen molar-refractivity contribution in [3.8, 4) is 11.5 Å². The van der Waals surface area contributed by atoms with E-state index >= 15 is 0 Å². The Kier molecular flexibility index (Phi) is 7.02. The van der Waals surface area contributed by atoms with E-state index in [0.717, 1.165) is 0 Å². The van der Waals surface area contributed by atoms with Crippen LogP contribution in [0.15, 0.2) is 54.6 Å². The van der Waals surface area contributed by atoms with Gasteiger partial charge in [0.1, 0.15) is 16.9 Å². The number of benzene rings is 3. The SMILES string of the molecule is CC(=O)Oc1ccc(C2(c3ccc(OC(C)=O)cc3)C(=O)Nc3c(C(C)=O)cc(C(C)=O)c(C(C)=O)c32)cc1. The maximum Gasteiger partial charge on any atom is 0.308 e. The molecule has 1 aliphatic rings. The normalized spacial score (nSPS) is 13.2. The average Bonchev–Trinajstić information content (AvgIpc) is 3.15. The molecule has 3 aromatic carbocycles. The number of hydrogen-bond acceptors (Lipinski definition) is 8. The van der Waals surface area contributed by atoms with Gasteiger partial charge in [-0.1, -0.05) is 24.3 Å². The fourth-order valence-electron chi connectivity index (χ4n) is 5.03. The van der Waals surface area contributed by atoms with Crippen molar-refractivity contribution in [3.63, 3.8) is 0 Å². The number of ether oxygens (including phenoxy) is 2. The van der Waals surface area contributed by atoms with E-state index in [1.54, 1.807) is 24.3 Å². The average molecular weight is 528 g/mol. The molecule has 0 atom stereocenters. The molecule has 0 saturated carbocycles. The monoisotopic (exact) mass is 527 g/mol. The standard InChI is InChI=1S/C30H25NO8/c1-15(32)24-14-25(16(2)33)28-27(26(24)17(3)34)30(29(37)31-28,20-6-10-22(11-7-20)38-18(4)35)21-8-12-23(13-9-21)39-19(5)36/h6-14H,1-5H3,(H,31,37). The van der Waals surface area contributed by atoms with Gasteiger partial charge in [0.15, 0.2) is 17.3 Å². The first kappa shape index (κ1) is 27.1. The Labute approximate surface area is 224 Å². The first-order valence-electron chi connectivity index (χ1n) is 12.0. The summed E-state index contributed by atoms with van der Waals surface area (Å²) in [6.07, 6.45) is 0. The van der Waals surface area contributed by atoms with Crippen LogP contribution in [0.2, 0.25) is 0 Å². The van der Waals surface area contributed by atoms with Crippen molar-refractivity contribution in [2.45, 2.75) is 40.0 Å². The van der Waals surface area contributed by atoms with E-state index in [9.17, 15) is 28.8 Å². The fourth-order valence-corrected chi connectivity index (χ4v) is 5.03. The number of fused-ring (bicyclic) bond motifs is 1. The molecule has 1 N–H and O–H groups in total. The topological polar surface area (TPSA) is 133 Å². The van der Waals surface area contributed by atoms with E-state index in [4.69, 9.17) is 9.47 Å². The Morgan fingerprint density at radius 3 is 1.44 bits per heavy atom. The predicted octanol–water partition coefficient (Wildman–Crippen LogP) is 4.43. The number of amides is 1. The summed E-state index contributed by atoms with van der Waals surface area (Å²) in [5.41, 5.74) is -0.526. The number of carbonyl (C=O) groups is 6. The van der Waals surface area contributed by atoms with Crippen LogP contribution >= 0.6 is 0 Å². The molecule has 198 valence electrons. The molecular formula is C30H25NO8. The molecule has 0 radical (unpaired) electrons. The number of anilines is 1. The van der Waals surface area contributed by atoms with Gasteiger partial charge in [-0.15, -0.1) is 0 Å². The van der Waals surface area contributed by atoms with Crippen LogP contribution in [0.4, 0.5) is 5.69 Å². The van der Waals surface area contributed by atoms with Crippen molar-refractivity contribution in [3.05, 3.63) is 88.0 Å². The van der Waals surface area contributed by atoms with Crippen LogP contribution in [-0.4, -0.2) is 35.2 Å². The van der Waals surface area contributed by atoms with Crippen LogP contribution in [-0.2, 0) is 19.8 Å². The molecular weight excluding hydrogens is 502 g/mol. The number of nitrogens with one attached hydrogen (secondary N) is 1. The van der Waals surface area contributed by atoms with E-state index < -0.39 is 40.6 Å². The third-order valence-corrected chi connectivity index (χ3v) is 6.49. The van der Waals surface area contributed by atoms with E-state index in [1.165, 1.54) is 65.0 Å². The maximum absolute atomic E-state index is 14.1. The minimum absolute atomic E-state index is 0.00831. The van der Waals surface area contributed by atoms with Gasteiger partial charge in [0.05, 0.1) is 5.69 Å². The highest BCUT2D eigenvalue weighted by Crippen LogP contribution is 2.52. The minimum Gasteiger partial charge on any atom is -0.427 e. The molecule has 0 bridgehead atoms. The zero-order valence-electron chi connectivity index (χ0n) is 22.0.